The summed E-state index contributed by atoms with van der Waals surface area (Å²) < 4.78 is 1.68. The van der Waals surface area contributed by atoms with Crippen molar-refractivity contribution in [2.75, 3.05) is 11.4 Å². The van der Waals surface area contributed by atoms with Crippen LogP contribution in [0.25, 0.3) is 5.69 Å². The molecule has 4 rings (SSSR count). The van der Waals surface area contributed by atoms with Gasteiger partial charge in [-0.2, -0.15) is 4.68 Å². The van der Waals surface area contributed by atoms with Crippen molar-refractivity contribution in [3.63, 3.8) is 0 Å². The number of aromatic nitrogens is 4. The molecule has 0 radical (unpaired) electrons. The van der Waals surface area contributed by atoms with Crippen molar-refractivity contribution in [3.8, 4) is 5.69 Å². The van der Waals surface area contributed by atoms with Crippen molar-refractivity contribution in [3.05, 3.63) is 59.7 Å². The van der Waals surface area contributed by atoms with Gasteiger partial charge in [0.05, 0.1) is 10.9 Å². The quantitative estimate of drug-likeness (QED) is 0.665. The second kappa shape index (κ2) is 6.92. The number of aryl methyl sites for hydroxylation is 1. The molecule has 0 bridgehead atoms. The molecule has 2 heterocycles. The fourth-order valence-corrected chi connectivity index (χ4v) is 4.04. The normalized spacial score (nSPS) is 14.3. The molecule has 1 amide bonds. The van der Waals surface area contributed by atoms with Gasteiger partial charge in [0.2, 0.25) is 11.1 Å². The predicted octanol–water partition coefficient (Wildman–Crippen LogP) is 3.04. The van der Waals surface area contributed by atoms with E-state index in [0.717, 1.165) is 29.9 Å². The van der Waals surface area contributed by atoms with Crippen LogP contribution in [0.4, 0.5) is 5.69 Å². The molecule has 0 spiro atoms. The Bertz CT molecular complexity index is 954. The van der Waals surface area contributed by atoms with E-state index in [0.29, 0.717) is 5.16 Å². The van der Waals surface area contributed by atoms with Gasteiger partial charge in [-0.05, 0) is 60.0 Å². The monoisotopic (exact) mass is 365 g/mol. The Hall–Kier alpha value is -2.67. The fraction of sp³-hybridized carbons (Fsp3) is 0.263. The largest absolute Gasteiger partial charge is 0.311 e. The molecule has 1 aromatic heterocycles. The summed E-state index contributed by atoms with van der Waals surface area (Å²) in [6.45, 7) is 4.66. The van der Waals surface area contributed by atoms with Crippen LogP contribution in [0, 0.1) is 6.92 Å². The number of hydrogen-bond acceptors (Lipinski definition) is 5. The lowest BCUT2D eigenvalue weighted by molar-refractivity contribution is -0.117. The summed E-state index contributed by atoms with van der Waals surface area (Å²) in [6.07, 6.45) is 0.903. The second-order valence-corrected chi connectivity index (χ2v) is 7.65. The van der Waals surface area contributed by atoms with Crippen LogP contribution in [0.5, 0.6) is 0 Å². The Balaban J connectivity index is 1.54. The SMILES string of the molecule is Cc1cccc(-n2nnnc2S[C@@H](C)C(=O)N2CCc3ccccc32)c1. The zero-order valence-corrected chi connectivity index (χ0v) is 15.5. The summed E-state index contributed by atoms with van der Waals surface area (Å²) in [4.78, 5) is 14.8. The number of thioether (sulfide) groups is 1. The van der Waals surface area contributed by atoms with E-state index >= 15 is 0 Å². The molecule has 1 aliphatic rings. The molecule has 0 fully saturated rings. The van der Waals surface area contributed by atoms with Crippen LogP contribution in [0.3, 0.4) is 0 Å². The van der Waals surface area contributed by atoms with E-state index in [9.17, 15) is 4.79 Å². The maximum Gasteiger partial charge on any atom is 0.240 e. The molecule has 7 heteroatoms. The second-order valence-electron chi connectivity index (χ2n) is 6.34. The van der Waals surface area contributed by atoms with Crippen LogP contribution in [0.1, 0.15) is 18.1 Å². The lowest BCUT2D eigenvalue weighted by Crippen LogP contribution is -2.35. The summed E-state index contributed by atoms with van der Waals surface area (Å²) in [7, 11) is 0. The van der Waals surface area contributed by atoms with Gasteiger partial charge in [0, 0.05) is 12.2 Å². The van der Waals surface area contributed by atoms with E-state index < -0.39 is 0 Å². The first-order chi connectivity index (χ1) is 12.6. The van der Waals surface area contributed by atoms with Crippen LogP contribution >= 0.6 is 11.8 Å². The molecule has 0 unspecified atom stereocenters. The number of hydrogen-bond donors (Lipinski definition) is 0. The van der Waals surface area contributed by atoms with Crippen LogP contribution in [-0.2, 0) is 11.2 Å². The van der Waals surface area contributed by atoms with Crippen molar-refractivity contribution >= 4 is 23.4 Å². The summed E-state index contributed by atoms with van der Waals surface area (Å²) in [6, 6.07) is 16.0. The first-order valence-electron chi connectivity index (χ1n) is 8.55. The van der Waals surface area contributed by atoms with Gasteiger partial charge in [0.1, 0.15) is 0 Å². The minimum Gasteiger partial charge on any atom is -0.311 e. The Morgan fingerprint density at radius 1 is 1.19 bits per heavy atom. The van der Waals surface area contributed by atoms with Crippen LogP contribution in [0.15, 0.2) is 53.7 Å². The van der Waals surface area contributed by atoms with Crippen molar-refractivity contribution < 1.29 is 4.79 Å². The van der Waals surface area contributed by atoms with Gasteiger partial charge in [0.25, 0.3) is 0 Å². The molecular formula is C19H19N5OS. The number of para-hydroxylation sites is 1. The van der Waals surface area contributed by atoms with Gasteiger partial charge < -0.3 is 4.90 Å². The van der Waals surface area contributed by atoms with Crippen molar-refractivity contribution in [1.82, 2.24) is 20.2 Å². The van der Waals surface area contributed by atoms with Gasteiger partial charge in [-0.3, -0.25) is 4.79 Å². The number of amides is 1. The molecule has 0 N–H and O–H groups in total. The minimum atomic E-state index is -0.282. The molecule has 26 heavy (non-hydrogen) atoms. The highest BCUT2D eigenvalue weighted by molar-refractivity contribution is 8.00. The van der Waals surface area contributed by atoms with Crippen molar-refractivity contribution in [2.24, 2.45) is 0 Å². The van der Waals surface area contributed by atoms with E-state index in [1.54, 1.807) is 4.68 Å². The third-order valence-electron chi connectivity index (χ3n) is 4.47. The maximum atomic E-state index is 13.0. The van der Waals surface area contributed by atoms with Crippen molar-refractivity contribution in [2.45, 2.75) is 30.7 Å². The van der Waals surface area contributed by atoms with Crippen molar-refractivity contribution in [1.29, 1.82) is 0 Å². The minimum absolute atomic E-state index is 0.0822. The topological polar surface area (TPSA) is 63.9 Å². The number of anilines is 1. The molecule has 1 aliphatic heterocycles. The van der Waals surface area contributed by atoms with Gasteiger partial charge in [-0.15, -0.1) is 5.10 Å². The summed E-state index contributed by atoms with van der Waals surface area (Å²) in [5, 5.41) is 12.3. The number of fused-ring (bicyclic) bond motifs is 1. The highest BCUT2D eigenvalue weighted by Gasteiger charge is 2.29. The molecule has 6 nitrogen and oxygen atoms in total. The Labute approximate surface area is 156 Å². The lowest BCUT2D eigenvalue weighted by Gasteiger charge is -2.21. The number of nitrogens with zero attached hydrogens (tertiary/aromatic N) is 5. The molecule has 1 atom stereocenters. The van der Waals surface area contributed by atoms with Gasteiger partial charge in [0.15, 0.2) is 0 Å². The highest BCUT2D eigenvalue weighted by atomic mass is 32.2. The van der Waals surface area contributed by atoms with E-state index in [-0.39, 0.29) is 11.2 Å². The third kappa shape index (κ3) is 3.10. The van der Waals surface area contributed by atoms with Crippen LogP contribution in [-0.4, -0.2) is 37.9 Å². The Kier molecular flexibility index (Phi) is 4.46. The first-order valence-corrected chi connectivity index (χ1v) is 9.43. The lowest BCUT2D eigenvalue weighted by atomic mass is 10.2. The van der Waals surface area contributed by atoms with E-state index in [1.165, 1.54) is 17.3 Å². The number of carbonyl (C=O) groups excluding carboxylic acids is 1. The summed E-state index contributed by atoms with van der Waals surface area (Å²) >= 11 is 1.38. The van der Waals surface area contributed by atoms with Crippen LogP contribution < -0.4 is 4.90 Å². The third-order valence-corrected chi connectivity index (χ3v) is 5.49. The van der Waals surface area contributed by atoms with Crippen LogP contribution in [0.2, 0.25) is 0 Å². The molecular weight excluding hydrogens is 346 g/mol. The number of benzene rings is 2. The smallest absolute Gasteiger partial charge is 0.240 e. The summed E-state index contributed by atoms with van der Waals surface area (Å²) in [5.74, 6) is 0.0822. The average molecular weight is 365 g/mol. The zero-order valence-electron chi connectivity index (χ0n) is 14.7. The molecule has 3 aromatic rings. The van der Waals surface area contributed by atoms with Gasteiger partial charge in [-0.1, -0.05) is 42.1 Å². The maximum absolute atomic E-state index is 13.0. The molecule has 0 saturated carbocycles. The van der Waals surface area contributed by atoms with E-state index in [1.807, 2.05) is 61.2 Å². The Morgan fingerprint density at radius 3 is 2.88 bits per heavy atom. The van der Waals surface area contributed by atoms with Gasteiger partial charge >= 0.3 is 0 Å². The standard InChI is InChI=1S/C19H19N5OS/c1-13-6-5-8-16(12-13)24-19(20-21-22-24)26-14(2)18(25)23-11-10-15-7-3-4-9-17(15)23/h3-9,12,14H,10-11H2,1-2H3/t14-/m0/s1. The Morgan fingerprint density at radius 2 is 2.04 bits per heavy atom. The van der Waals surface area contributed by atoms with E-state index in [4.69, 9.17) is 0 Å². The molecule has 2 aromatic carbocycles. The van der Waals surface area contributed by atoms with E-state index in [2.05, 4.69) is 21.6 Å². The fourth-order valence-electron chi connectivity index (χ4n) is 3.17. The number of tetrazole rings is 1. The predicted molar refractivity (Wildman–Crippen MR) is 102 cm³/mol. The molecule has 0 saturated heterocycles. The first kappa shape index (κ1) is 16.8. The molecule has 0 aliphatic carbocycles. The zero-order chi connectivity index (χ0) is 18.1. The summed E-state index contributed by atoms with van der Waals surface area (Å²) in [5.41, 5.74) is 4.27. The van der Waals surface area contributed by atoms with Gasteiger partial charge in [-0.25, -0.2) is 0 Å². The molecule has 132 valence electrons. The number of rotatable bonds is 4. The number of carbonyl (C=O) groups is 1. The average Bonchev–Trinajstić information content (AvgIpc) is 3.28. The highest BCUT2D eigenvalue weighted by Crippen LogP contribution is 2.31.